The van der Waals surface area contributed by atoms with Crippen molar-refractivity contribution in [2.45, 2.75) is 51.2 Å². The number of hydrogen-bond donors (Lipinski definition) is 1. The first-order chi connectivity index (χ1) is 9.70. The van der Waals surface area contributed by atoms with Crippen molar-refractivity contribution in [1.82, 2.24) is 0 Å². The van der Waals surface area contributed by atoms with E-state index >= 15 is 0 Å². The van der Waals surface area contributed by atoms with E-state index in [1.807, 2.05) is 31.2 Å². The first-order valence-electron chi connectivity index (χ1n) is 7.64. The summed E-state index contributed by atoms with van der Waals surface area (Å²) in [5.74, 6) is 1.48. The van der Waals surface area contributed by atoms with Gasteiger partial charge >= 0.3 is 0 Å². The Balaban J connectivity index is 1.82. The lowest BCUT2D eigenvalue weighted by Crippen LogP contribution is -2.23. The highest BCUT2D eigenvalue weighted by Crippen LogP contribution is 2.26. The second-order valence-corrected chi connectivity index (χ2v) is 5.76. The predicted octanol–water partition coefficient (Wildman–Crippen LogP) is 3.71. The van der Waals surface area contributed by atoms with Gasteiger partial charge in [-0.05, 0) is 43.4 Å². The topological polar surface area (TPSA) is 38.7 Å². The third kappa shape index (κ3) is 4.22. The van der Waals surface area contributed by atoms with Crippen LogP contribution >= 0.6 is 0 Å². The van der Waals surface area contributed by atoms with Gasteiger partial charge in [-0.3, -0.25) is 0 Å². The van der Waals surface area contributed by atoms with Crippen molar-refractivity contribution in [1.29, 1.82) is 0 Å². The first-order valence-corrected chi connectivity index (χ1v) is 7.64. The smallest absolute Gasteiger partial charge is 0.118 e. The molecular weight excluding hydrogens is 252 g/mol. The van der Waals surface area contributed by atoms with Crippen LogP contribution in [0.4, 0.5) is 0 Å². The molecule has 2 unspecified atom stereocenters. The molecule has 3 nitrogen and oxygen atoms in total. The lowest BCUT2D eigenvalue weighted by Gasteiger charge is -2.25. The van der Waals surface area contributed by atoms with Crippen LogP contribution in [-0.4, -0.2) is 24.9 Å². The maximum Gasteiger partial charge on any atom is 0.118 e. The van der Waals surface area contributed by atoms with E-state index in [9.17, 15) is 5.11 Å². The molecule has 0 heterocycles. The summed E-state index contributed by atoms with van der Waals surface area (Å²) in [4.78, 5) is 0. The summed E-state index contributed by atoms with van der Waals surface area (Å²) in [5, 5.41) is 10.3. The Hall–Kier alpha value is -1.06. The Morgan fingerprint density at radius 1 is 1.15 bits per heavy atom. The van der Waals surface area contributed by atoms with Gasteiger partial charge in [0.25, 0.3) is 0 Å². The van der Waals surface area contributed by atoms with E-state index in [4.69, 9.17) is 9.47 Å². The highest BCUT2D eigenvalue weighted by atomic mass is 16.5. The van der Waals surface area contributed by atoms with Gasteiger partial charge in [0.05, 0.1) is 13.2 Å². The number of methoxy groups -OCH3 is 1. The summed E-state index contributed by atoms with van der Waals surface area (Å²) < 4.78 is 11.0. The third-order valence-corrected chi connectivity index (χ3v) is 4.22. The van der Waals surface area contributed by atoms with Gasteiger partial charge in [0.1, 0.15) is 11.9 Å². The molecule has 112 valence electrons. The number of rotatable bonds is 6. The van der Waals surface area contributed by atoms with E-state index < -0.39 is 6.10 Å². The molecule has 1 aromatic carbocycles. The number of aliphatic hydroxyl groups is 1. The molecular formula is C17H26O3. The van der Waals surface area contributed by atoms with Gasteiger partial charge in [-0.2, -0.15) is 0 Å². The average molecular weight is 278 g/mol. The van der Waals surface area contributed by atoms with Crippen molar-refractivity contribution < 1.29 is 14.6 Å². The minimum Gasteiger partial charge on any atom is -0.497 e. The zero-order valence-electron chi connectivity index (χ0n) is 12.5. The molecule has 20 heavy (non-hydrogen) atoms. The van der Waals surface area contributed by atoms with Crippen LogP contribution < -0.4 is 4.74 Å². The van der Waals surface area contributed by atoms with Crippen molar-refractivity contribution in [3.8, 4) is 5.75 Å². The summed E-state index contributed by atoms with van der Waals surface area (Å²) in [6, 6.07) is 7.52. The van der Waals surface area contributed by atoms with Crippen LogP contribution in [0.2, 0.25) is 0 Å². The van der Waals surface area contributed by atoms with Crippen LogP contribution in [-0.2, 0) is 4.74 Å². The van der Waals surface area contributed by atoms with Gasteiger partial charge in [0.2, 0.25) is 0 Å². The van der Waals surface area contributed by atoms with E-state index in [0.717, 1.165) is 17.9 Å². The first kappa shape index (κ1) is 15.3. The molecule has 1 fully saturated rings. The maximum atomic E-state index is 10.3. The molecule has 1 aliphatic rings. The lowest BCUT2D eigenvalue weighted by atomic mass is 9.90. The molecule has 2 rings (SSSR count). The van der Waals surface area contributed by atoms with Crippen LogP contribution in [0.5, 0.6) is 5.75 Å². The Kier molecular flexibility index (Phi) is 5.86. The zero-order valence-corrected chi connectivity index (χ0v) is 12.5. The van der Waals surface area contributed by atoms with Crippen LogP contribution in [0.15, 0.2) is 24.3 Å². The minimum absolute atomic E-state index is 0.176. The van der Waals surface area contributed by atoms with Gasteiger partial charge in [0, 0.05) is 6.61 Å². The van der Waals surface area contributed by atoms with E-state index in [1.54, 1.807) is 7.11 Å². The Bertz CT molecular complexity index is 382. The molecule has 1 N–H and O–H groups in total. The molecule has 1 saturated carbocycles. The number of ether oxygens (including phenoxy) is 2. The Morgan fingerprint density at radius 2 is 1.80 bits per heavy atom. The number of aliphatic hydroxyl groups excluding tert-OH is 1. The monoisotopic (exact) mass is 278 g/mol. The number of hydrogen-bond acceptors (Lipinski definition) is 3. The third-order valence-electron chi connectivity index (χ3n) is 4.22. The number of benzene rings is 1. The van der Waals surface area contributed by atoms with Gasteiger partial charge < -0.3 is 14.6 Å². The SMILES string of the molecule is COc1ccc(C(O)C(C)OCC2CCCCC2)cc1. The molecule has 1 aliphatic carbocycles. The van der Waals surface area contributed by atoms with Gasteiger partial charge in [-0.15, -0.1) is 0 Å². The molecule has 0 aliphatic heterocycles. The molecule has 0 aromatic heterocycles. The summed E-state index contributed by atoms with van der Waals surface area (Å²) in [5.41, 5.74) is 0.877. The van der Waals surface area contributed by atoms with Crippen molar-refractivity contribution in [3.05, 3.63) is 29.8 Å². The lowest BCUT2D eigenvalue weighted by molar-refractivity contribution is -0.0444. The fraction of sp³-hybridized carbons (Fsp3) is 0.647. The molecule has 0 amide bonds. The highest BCUT2D eigenvalue weighted by Gasteiger charge is 2.20. The molecule has 0 saturated heterocycles. The average Bonchev–Trinajstić information content (AvgIpc) is 2.53. The standard InChI is InChI=1S/C17H26O3/c1-13(20-12-14-6-4-3-5-7-14)17(18)15-8-10-16(19-2)11-9-15/h8-11,13-14,17-18H,3-7,12H2,1-2H3. The Labute approximate surface area is 121 Å². The summed E-state index contributed by atoms with van der Waals surface area (Å²) in [6.45, 7) is 2.71. The van der Waals surface area contributed by atoms with Gasteiger partial charge in [-0.25, -0.2) is 0 Å². The van der Waals surface area contributed by atoms with Crippen molar-refractivity contribution in [2.75, 3.05) is 13.7 Å². The highest BCUT2D eigenvalue weighted by molar-refractivity contribution is 5.28. The molecule has 0 bridgehead atoms. The normalized spacial score (nSPS) is 19.6. The Morgan fingerprint density at radius 3 is 2.40 bits per heavy atom. The van der Waals surface area contributed by atoms with Crippen LogP contribution in [0, 0.1) is 5.92 Å². The molecule has 0 spiro atoms. The minimum atomic E-state index is -0.579. The second kappa shape index (κ2) is 7.65. The fourth-order valence-corrected chi connectivity index (χ4v) is 2.80. The van der Waals surface area contributed by atoms with E-state index in [-0.39, 0.29) is 6.10 Å². The predicted molar refractivity (Wildman–Crippen MR) is 79.9 cm³/mol. The van der Waals surface area contributed by atoms with Crippen LogP contribution in [0.1, 0.15) is 50.7 Å². The fourth-order valence-electron chi connectivity index (χ4n) is 2.80. The van der Waals surface area contributed by atoms with Crippen LogP contribution in [0.25, 0.3) is 0 Å². The summed E-state index contributed by atoms with van der Waals surface area (Å²) in [7, 11) is 1.64. The summed E-state index contributed by atoms with van der Waals surface area (Å²) in [6.07, 6.45) is 5.79. The maximum absolute atomic E-state index is 10.3. The molecule has 2 atom stereocenters. The van der Waals surface area contributed by atoms with Crippen molar-refractivity contribution in [2.24, 2.45) is 5.92 Å². The van der Waals surface area contributed by atoms with Crippen molar-refractivity contribution >= 4 is 0 Å². The molecule has 1 aromatic rings. The largest absolute Gasteiger partial charge is 0.497 e. The quantitative estimate of drug-likeness (QED) is 0.862. The van der Waals surface area contributed by atoms with Crippen LogP contribution in [0.3, 0.4) is 0 Å². The zero-order chi connectivity index (χ0) is 14.4. The van der Waals surface area contributed by atoms with E-state index in [1.165, 1.54) is 32.1 Å². The van der Waals surface area contributed by atoms with E-state index in [0.29, 0.717) is 5.92 Å². The van der Waals surface area contributed by atoms with E-state index in [2.05, 4.69) is 0 Å². The van der Waals surface area contributed by atoms with Crippen molar-refractivity contribution in [3.63, 3.8) is 0 Å². The van der Waals surface area contributed by atoms with Gasteiger partial charge in [0.15, 0.2) is 0 Å². The molecule has 0 radical (unpaired) electrons. The second-order valence-electron chi connectivity index (χ2n) is 5.76. The summed E-state index contributed by atoms with van der Waals surface area (Å²) >= 11 is 0. The molecule has 3 heteroatoms. The van der Waals surface area contributed by atoms with Gasteiger partial charge in [-0.1, -0.05) is 31.4 Å².